The van der Waals surface area contributed by atoms with Crippen LogP contribution in [0.15, 0.2) is 41.1 Å². The van der Waals surface area contributed by atoms with Crippen LogP contribution in [0.1, 0.15) is 42.6 Å². The van der Waals surface area contributed by atoms with Gasteiger partial charge in [0, 0.05) is 12.7 Å². The molecule has 3 aliphatic rings. The Morgan fingerprint density at radius 1 is 1.37 bits per heavy atom. The van der Waals surface area contributed by atoms with Gasteiger partial charge in [-0.05, 0) is 49.1 Å². The van der Waals surface area contributed by atoms with Gasteiger partial charge in [0.2, 0.25) is 0 Å². The molecule has 2 unspecified atom stereocenters. The van der Waals surface area contributed by atoms with Crippen LogP contribution in [-0.4, -0.2) is 57.6 Å². The number of carboxylic acid groups (broad SMARTS) is 1. The van der Waals surface area contributed by atoms with Crippen molar-refractivity contribution in [1.82, 2.24) is 10.4 Å². The largest absolute Gasteiger partial charge is 0.493 e. The number of nitrogens with zero attached hydrogens (tertiary/aromatic N) is 2. The first-order valence-electron chi connectivity index (χ1n) is 9.62. The second-order valence-corrected chi connectivity index (χ2v) is 7.32. The quantitative estimate of drug-likeness (QED) is 0.465. The number of aliphatic imine (C=N–C) groups is 1. The zero-order valence-corrected chi connectivity index (χ0v) is 17.2. The highest BCUT2D eigenvalue weighted by Gasteiger charge is 2.59. The highest BCUT2D eigenvalue weighted by atomic mass is 16.5. The number of amidine groups is 1. The average Bonchev–Trinajstić information content (AvgIpc) is 3.46. The SMILES string of the molecule is CO.COC1=CC=C(c2ccc(C(C)O)c(CO)c2)N2NC(C3(C(=O)O)CC3)N=C12. The topological polar surface area (TPSA) is 135 Å². The van der Waals surface area contributed by atoms with E-state index in [9.17, 15) is 20.1 Å². The average molecular weight is 417 g/mol. The first-order chi connectivity index (χ1) is 14.4. The van der Waals surface area contributed by atoms with Gasteiger partial charge >= 0.3 is 5.97 Å². The van der Waals surface area contributed by atoms with Crippen LogP contribution in [-0.2, 0) is 16.1 Å². The molecule has 0 spiro atoms. The number of rotatable bonds is 6. The number of aliphatic hydroxyl groups is 3. The molecular formula is C21H27N3O6. The van der Waals surface area contributed by atoms with Gasteiger partial charge in [0.1, 0.15) is 11.6 Å². The molecule has 30 heavy (non-hydrogen) atoms. The Balaban J connectivity index is 0.00000124. The van der Waals surface area contributed by atoms with Gasteiger partial charge in [0.15, 0.2) is 11.6 Å². The van der Waals surface area contributed by atoms with Gasteiger partial charge in [-0.25, -0.2) is 10.4 Å². The minimum absolute atomic E-state index is 0.195. The number of allylic oxidation sites excluding steroid dienone is 2. The van der Waals surface area contributed by atoms with Gasteiger partial charge in [-0.15, -0.1) is 0 Å². The highest BCUT2D eigenvalue weighted by molar-refractivity contribution is 6.05. The number of aliphatic carboxylic acids is 1. The normalized spacial score (nSPS) is 22.0. The number of methoxy groups -OCH3 is 1. The molecule has 9 heteroatoms. The Morgan fingerprint density at radius 3 is 2.60 bits per heavy atom. The van der Waals surface area contributed by atoms with E-state index < -0.39 is 23.7 Å². The Hall–Kier alpha value is -2.72. The number of benzene rings is 1. The summed E-state index contributed by atoms with van der Waals surface area (Å²) in [6.45, 7) is 1.46. The number of carbonyl (C=O) groups is 1. The summed E-state index contributed by atoms with van der Waals surface area (Å²) in [5.74, 6) is 0.220. The summed E-state index contributed by atoms with van der Waals surface area (Å²) in [6.07, 6.45) is 3.53. The fourth-order valence-electron chi connectivity index (χ4n) is 3.73. The number of hydrogen-bond acceptors (Lipinski definition) is 8. The molecule has 1 aromatic carbocycles. The van der Waals surface area contributed by atoms with Crippen LogP contribution in [0.5, 0.6) is 0 Å². The monoisotopic (exact) mass is 417 g/mol. The molecule has 2 heterocycles. The van der Waals surface area contributed by atoms with Gasteiger partial charge in [0.05, 0.1) is 25.5 Å². The second-order valence-electron chi connectivity index (χ2n) is 7.32. The van der Waals surface area contributed by atoms with Crippen molar-refractivity contribution in [2.75, 3.05) is 14.2 Å². The molecule has 1 aromatic rings. The predicted octanol–water partition coefficient (Wildman–Crippen LogP) is 1.14. The fraction of sp³-hybridized carbons (Fsp3) is 0.429. The molecule has 1 aliphatic carbocycles. The first-order valence-corrected chi connectivity index (χ1v) is 9.62. The lowest BCUT2D eigenvalue weighted by Crippen LogP contribution is -2.45. The standard InChI is InChI=1S/C20H23N3O5.CH4O/c1-11(25)14-4-3-12(9-13(14)10-24)15-5-6-16(28-2)17-21-18(22-23(15)17)20(7-8-20)19(26)27;1-2/h3-6,9,11,18,22,24-25H,7-8,10H2,1-2H3,(H,26,27);2H,1H3. The van der Waals surface area contributed by atoms with E-state index in [4.69, 9.17) is 9.84 Å². The van der Waals surface area contributed by atoms with Crippen molar-refractivity contribution in [3.8, 4) is 0 Å². The molecule has 1 fully saturated rings. The molecule has 1 saturated carbocycles. The molecule has 0 amide bonds. The van der Waals surface area contributed by atoms with Gasteiger partial charge in [0.25, 0.3) is 0 Å². The Morgan fingerprint density at radius 2 is 2.07 bits per heavy atom. The number of hydrazine groups is 1. The smallest absolute Gasteiger partial charge is 0.313 e. The van der Waals surface area contributed by atoms with Crippen molar-refractivity contribution in [3.05, 3.63) is 52.8 Å². The van der Waals surface area contributed by atoms with E-state index in [0.717, 1.165) is 18.4 Å². The lowest BCUT2D eigenvalue weighted by Gasteiger charge is -2.29. The zero-order valence-electron chi connectivity index (χ0n) is 17.2. The van der Waals surface area contributed by atoms with Crippen LogP contribution in [0.2, 0.25) is 0 Å². The van der Waals surface area contributed by atoms with E-state index in [1.807, 2.05) is 18.2 Å². The highest BCUT2D eigenvalue weighted by Crippen LogP contribution is 2.51. The molecule has 4 rings (SSSR count). The van der Waals surface area contributed by atoms with E-state index in [0.29, 0.717) is 35.6 Å². The molecule has 2 aliphatic heterocycles. The van der Waals surface area contributed by atoms with Crippen molar-refractivity contribution in [3.63, 3.8) is 0 Å². The molecule has 0 bridgehead atoms. The lowest BCUT2D eigenvalue weighted by atomic mass is 9.98. The first kappa shape index (κ1) is 22.0. The Labute approximate surface area is 174 Å². The third kappa shape index (κ3) is 3.61. The number of hydrogen-bond donors (Lipinski definition) is 5. The number of carboxylic acids is 1. The maximum atomic E-state index is 11.7. The van der Waals surface area contributed by atoms with Gasteiger partial charge in [-0.2, -0.15) is 0 Å². The van der Waals surface area contributed by atoms with Crippen LogP contribution >= 0.6 is 0 Å². The minimum atomic E-state index is -0.888. The number of aliphatic hydroxyl groups excluding tert-OH is 3. The van der Waals surface area contributed by atoms with E-state index in [-0.39, 0.29) is 6.61 Å². The van der Waals surface area contributed by atoms with Crippen LogP contribution in [0.4, 0.5) is 0 Å². The summed E-state index contributed by atoms with van der Waals surface area (Å²) in [5.41, 5.74) is 5.19. The fourth-order valence-corrected chi connectivity index (χ4v) is 3.73. The Kier molecular flexibility index (Phi) is 6.27. The van der Waals surface area contributed by atoms with E-state index in [1.165, 1.54) is 0 Å². The molecule has 0 radical (unpaired) electrons. The zero-order chi connectivity index (χ0) is 22.1. The molecule has 5 N–H and O–H groups in total. The summed E-state index contributed by atoms with van der Waals surface area (Å²) in [5, 5.41) is 37.9. The molecule has 9 nitrogen and oxygen atoms in total. The summed E-state index contributed by atoms with van der Waals surface area (Å²) >= 11 is 0. The number of fused-ring (bicyclic) bond motifs is 1. The van der Waals surface area contributed by atoms with Crippen molar-refractivity contribution < 1.29 is 30.0 Å². The minimum Gasteiger partial charge on any atom is -0.493 e. The summed E-state index contributed by atoms with van der Waals surface area (Å²) in [4.78, 5) is 16.3. The molecule has 0 aromatic heterocycles. The van der Waals surface area contributed by atoms with Crippen LogP contribution in [0.3, 0.4) is 0 Å². The van der Waals surface area contributed by atoms with Crippen molar-refractivity contribution >= 4 is 17.5 Å². The van der Waals surface area contributed by atoms with Gasteiger partial charge < -0.3 is 25.2 Å². The number of ether oxygens (including phenoxy) is 1. The van der Waals surface area contributed by atoms with Crippen LogP contribution < -0.4 is 5.43 Å². The molecular weight excluding hydrogens is 390 g/mol. The molecule has 162 valence electrons. The third-order valence-corrected chi connectivity index (χ3v) is 5.59. The van der Waals surface area contributed by atoms with Gasteiger partial charge in [-0.1, -0.05) is 12.1 Å². The van der Waals surface area contributed by atoms with E-state index in [2.05, 4.69) is 10.4 Å². The third-order valence-electron chi connectivity index (χ3n) is 5.59. The summed E-state index contributed by atoms with van der Waals surface area (Å²) < 4.78 is 5.41. The Bertz CT molecular complexity index is 917. The molecule has 0 saturated heterocycles. The van der Waals surface area contributed by atoms with E-state index in [1.54, 1.807) is 31.2 Å². The second kappa shape index (κ2) is 8.57. The lowest BCUT2D eigenvalue weighted by molar-refractivity contribution is -0.144. The number of nitrogens with one attached hydrogen (secondary N) is 1. The van der Waals surface area contributed by atoms with E-state index >= 15 is 0 Å². The van der Waals surface area contributed by atoms with Crippen molar-refractivity contribution in [2.24, 2.45) is 10.4 Å². The van der Waals surface area contributed by atoms with Crippen molar-refractivity contribution in [2.45, 2.75) is 38.6 Å². The van der Waals surface area contributed by atoms with Gasteiger partial charge in [-0.3, -0.25) is 9.80 Å². The maximum Gasteiger partial charge on any atom is 0.313 e. The summed E-state index contributed by atoms with van der Waals surface area (Å²) in [6, 6.07) is 5.46. The maximum absolute atomic E-state index is 11.7. The summed E-state index contributed by atoms with van der Waals surface area (Å²) in [7, 11) is 2.55. The predicted molar refractivity (Wildman–Crippen MR) is 110 cm³/mol. The van der Waals surface area contributed by atoms with Crippen LogP contribution in [0, 0.1) is 5.41 Å². The van der Waals surface area contributed by atoms with Crippen molar-refractivity contribution in [1.29, 1.82) is 0 Å². The molecule has 2 atom stereocenters. The van der Waals surface area contributed by atoms with Crippen LogP contribution in [0.25, 0.3) is 5.70 Å².